The van der Waals surface area contributed by atoms with Crippen molar-refractivity contribution in [3.05, 3.63) is 23.5 Å². The van der Waals surface area contributed by atoms with E-state index in [1.807, 2.05) is 6.92 Å². The molecule has 0 spiro atoms. The quantitative estimate of drug-likeness (QED) is 0.749. The van der Waals surface area contributed by atoms with Crippen LogP contribution in [0.15, 0.2) is 12.3 Å². The Balaban J connectivity index is 2.55. The average molecular weight is 251 g/mol. The molecule has 1 amide bonds. The number of nitrogens with one attached hydrogen (secondary N) is 1. The maximum absolute atomic E-state index is 11.7. The fourth-order valence-electron chi connectivity index (χ4n) is 1.28. The Kier molecular flexibility index (Phi) is 5.10. The van der Waals surface area contributed by atoms with E-state index in [0.29, 0.717) is 17.9 Å². The molecule has 18 heavy (non-hydrogen) atoms. The molecule has 0 fully saturated rings. The van der Waals surface area contributed by atoms with E-state index in [2.05, 4.69) is 10.3 Å². The van der Waals surface area contributed by atoms with Crippen LogP contribution in [0.3, 0.4) is 0 Å². The fourth-order valence-corrected chi connectivity index (χ4v) is 1.28. The normalized spacial score (nSPS) is 9.89. The standard InChI is InChI=1S/C12H17N3O3/c1-3-4-14-11(16)7-18-12(17)10-5-9(13)6-15-8(10)2/h5-6H,3-4,7,13H2,1-2H3,(H,14,16). The monoisotopic (exact) mass is 251 g/mol. The molecule has 1 heterocycles. The minimum Gasteiger partial charge on any atom is -0.452 e. The number of esters is 1. The van der Waals surface area contributed by atoms with Gasteiger partial charge in [0.15, 0.2) is 6.61 Å². The van der Waals surface area contributed by atoms with Gasteiger partial charge in [-0.25, -0.2) is 4.79 Å². The van der Waals surface area contributed by atoms with Crippen LogP contribution in [0, 0.1) is 6.92 Å². The summed E-state index contributed by atoms with van der Waals surface area (Å²) in [6.45, 7) is 3.88. The molecule has 1 aromatic rings. The number of anilines is 1. The zero-order valence-corrected chi connectivity index (χ0v) is 10.5. The topological polar surface area (TPSA) is 94.3 Å². The predicted octanol–water partition coefficient (Wildman–Crippen LogP) is 0.655. The smallest absolute Gasteiger partial charge is 0.340 e. The minimum absolute atomic E-state index is 0.276. The summed E-state index contributed by atoms with van der Waals surface area (Å²) < 4.78 is 4.88. The van der Waals surface area contributed by atoms with Crippen LogP contribution in [0.1, 0.15) is 29.4 Å². The second kappa shape index (κ2) is 6.58. The summed E-state index contributed by atoms with van der Waals surface area (Å²) in [6, 6.07) is 1.48. The van der Waals surface area contributed by atoms with Gasteiger partial charge in [0.05, 0.1) is 23.1 Å². The van der Waals surface area contributed by atoms with Gasteiger partial charge in [-0.15, -0.1) is 0 Å². The number of carbonyl (C=O) groups is 2. The van der Waals surface area contributed by atoms with Crippen molar-refractivity contribution >= 4 is 17.6 Å². The number of carbonyl (C=O) groups excluding carboxylic acids is 2. The molecule has 0 saturated heterocycles. The van der Waals surface area contributed by atoms with E-state index in [0.717, 1.165) is 6.42 Å². The highest BCUT2D eigenvalue weighted by atomic mass is 16.5. The number of pyridine rings is 1. The number of amides is 1. The first-order valence-corrected chi connectivity index (χ1v) is 5.70. The highest BCUT2D eigenvalue weighted by Crippen LogP contribution is 2.10. The molecule has 0 aliphatic carbocycles. The van der Waals surface area contributed by atoms with Gasteiger partial charge in [0.25, 0.3) is 5.91 Å². The lowest BCUT2D eigenvalue weighted by molar-refractivity contribution is -0.124. The maximum Gasteiger partial charge on any atom is 0.340 e. The summed E-state index contributed by atoms with van der Waals surface area (Å²) >= 11 is 0. The first-order valence-electron chi connectivity index (χ1n) is 5.70. The Morgan fingerprint density at radius 2 is 2.22 bits per heavy atom. The molecule has 0 aromatic carbocycles. The molecule has 0 saturated carbocycles. The van der Waals surface area contributed by atoms with Crippen LogP contribution in [0.5, 0.6) is 0 Å². The molecule has 0 unspecified atom stereocenters. The third-order valence-electron chi connectivity index (χ3n) is 2.23. The van der Waals surface area contributed by atoms with Crippen molar-refractivity contribution < 1.29 is 14.3 Å². The molecule has 6 nitrogen and oxygen atoms in total. The van der Waals surface area contributed by atoms with Crippen molar-refractivity contribution in [2.24, 2.45) is 0 Å². The van der Waals surface area contributed by atoms with E-state index < -0.39 is 5.97 Å². The van der Waals surface area contributed by atoms with Crippen molar-refractivity contribution in [1.29, 1.82) is 0 Å². The number of nitrogens with zero attached hydrogens (tertiary/aromatic N) is 1. The number of aryl methyl sites for hydroxylation is 1. The first-order chi connectivity index (χ1) is 8.54. The lowest BCUT2D eigenvalue weighted by Gasteiger charge is -2.07. The van der Waals surface area contributed by atoms with Crippen molar-refractivity contribution in [3.8, 4) is 0 Å². The summed E-state index contributed by atoms with van der Waals surface area (Å²) in [5.74, 6) is -0.918. The molecular formula is C12H17N3O3. The molecule has 1 rings (SSSR count). The van der Waals surface area contributed by atoms with Gasteiger partial charge >= 0.3 is 5.97 Å². The van der Waals surface area contributed by atoms with E-state index in [9.17, 15) is 9.59 Å². The van der Waals surface area contributed by atoms with Gasteiger partial charge < -0.3 is 15.8 Å². The van der Waals surface area contributed by atoms with Crippen LogP contribution in [-0.2, 0) is 9.53 Å². The number of nitrogens with two attached hydrogens (primary N) is 1. The molecule has 0 radical (unpaired) electrons. The highest BCUT2D eigenvalue weighted by molar-refractivity contribution is 5.93. The summed E-state index contributed by atoms with van der Waals surface area (Å²) in [5.41, 5.74) is 6.71. The number of hydrogen-bond acceptors (Lipinski definition) is 5. The molecule has 6 heteroatoms. The van der Waals surface area contributed by atoms with Crippen molar-refractivity contribution in [2.75, 3.05) is 18.9 Å². The molecule has 0 aliphatic rings. The SMILES string of the molecule is CCCNC(=O)COC(=O)c1cc(N)cnc1C. The van der Waals surface area contributed by atoms with Crippen LogP contribution in [0.2, 0.25) is 0 Å². The Bertz CT molecular complexity index is 446. The van der Waals surface area contributed by atoms with Crippen LogP contribution in [-0.4, -0.2) is 30.0 Å². The van der Waals surface area contributed by atoms with Crippen LogP contribution < -0.4 is 11.1 Å². The molecule has 0 aliphatic heterocycles. The molecule has 98 valence electrons. The average Bonchev–Trinajstić information content (AvgIpc) is 2.36. The first kappa shape index (κ1) is 14.0. The Morgan fingerprint density at radius 3 is 2.89 bits per heavy atom. The Labute approximate surface area is 106 Å². The Hall–Kier alpha value is -2.11. The van der Waals surface area contributed by atoms with Gasteiger partial charge in [-0.3, -0.25) is 9.78 Å². The fraction of sp³-hybridized carbons (Fsp3) is 0.417. The highest BCUT2D eigenvalue weighted by Gasteiger charge is 2.13. The third kappa shape index (κ3) is 4.04. The lowest BCUT2D eigenvalue weighted by atomic mass is 10.2. The summed E-state index contributed by atoms with van der Waals surface area (Å²) in [6.07, 6.45) is 2.29. The van der Waals surface area contributed by atoms with Crippen LogP contribution >= 0.6 is 0 Å². The van der Waals surface area contributed by atoms with Crippen molar-refractivity contribution in [2.45, 2.75) is 20.3 Å². The van der Waals surface area contributed by atoms with E-state index in [1.165, 1.54) is 12.3 Å². The van der Waals surface area contributed by atoms with Gasteiger partial charge in [0, 0.05) is 6.54 Å². The molecular weight excluding hydrogens is 234 g/mol. The summed E-state index contributed by atoms with van der Waals surface area (Å²) in [7, 11) is 0. The molecule has 0 bridgehead atoms. The Morgan fingerprint density at radius 1 is 1.50 bits per heavy atom. The lowest BCUT2D eigenvalue weighted by Crippen LogP contribution is -2.29. The predicted molar refractivity (Wildman–Crippen MR) is 67.0 cm³/mol. The minimum atomic E-state index is -0.598. The van der Waals surface area contributed by atoms with E-state index in [-0.39, 0.29) is 18.1 Å². The van der Waals surface area contributed by atoms with E-state index in [1.54, 1.807) is 6.92 Å². The zero-order chi connectivity index (χ0) is 13.5. The number of nitrogen functional groups attached to an aromatic ring is 1. The molecule has 0 atom stereocenters. The van der Waals surface area contributed by atoms with Gasteiger partial charge in [-0.2, -0.15) is 0 Å². The van der Waals surface area contributed by atoms with Crippen molar-refractivity contribution in [1.82, 2.24) is 10.3 Å². The molecule has 3 N–H and O–H groups in total. The van der Waals surface area contributed by atoms with Crippen LogP contribution in [0.4, 0.5) is 5.69 Å². The number of aromatic nitrogens is 1. The van der Waals surface area contributed by atoms with Gasteiger partial charge in [0.2, 0.25) is 0 Å². The van der Waals surface area contributed by atoms with Gasteiger partial charge in [-0.1, -0.05) is 6.92 Å². The maximum atomic E-state index is 11.7. The number of ether oxygens (including phenoxy) is 1. The number of rotatable bonds is 5. The zero-order valence-electron chi connectivity index (χ0n) is 10.5. The van der Waals surface area contributed by atoms with Crippen LogP contribution in [0.25, 0.3) is 0 Å². The van der Waals surface area contributed by atoms with Gasteiger partial charge in [0.1, 0.15) is 0 Å². The second-order valence-electron chi connectivity index (χ2n) is 3.83. The largest absolute Gasteiger partial charge is 0.452 e. The third-order valence-corrected chi connectivity index (χ3v) is 2.23. The molecule has 1 aromatic heterocycles. The summed E-state index contributed by atoms with van der Waals surface area (Å²) in [4.78, 5) is 26.9. The number of hydrogen-bond donors (Lipinski definition) is 2. The van der Waals surface area contributed by atoms with E-state index >= 15 is 0 Å². The van der Waals surface area contributed by atoms with E-state index in [4.69, 9.17) is 10.5 Å². The van der Waals surface area contributed by atoms with Gasteiger partial charge in [-0.05, 0) is 19.4 Å². The summed E-state index contributed by atoms with van der Waals surface area (Å²) in [5, 5.41) is 2.61. The second-order valence-corrected chi connectivity index (χ2v) is 3.83. The van der Waals surface area contributed by atoms with Crippen molar-refractivity contribution in [3.63, 3.8) is 0 Å².